The van der Waals surface area contributed by atoms with Crippen molar-refractivity contribution in [3.05, 3.63) is 70.1 Å². The van der Waals surface area contributed by atoms with Gasteiger partial charge < -0.3 is 5.32 Å². The Morgan fingerprint density at radius 1 is 1.09 bits per heavy atom. The highest BCUT2D eigenvalue weighted by atomic mass is 79.9. The summed E-state index contributed by atoms with van der Waals surface area (Å²) in [5.74, 6) is -0.559. The van der Waals surface area contributed by atoms with Crippen LogP contribution in [0.25, 0.3) is 6.08 Å². The quantitative estimate of drug-likeness (QED) is 0.638. The van der Waals surface area contributed by atoms with Gasteiger partial charge in [-0.1, -0.05) is 28.1 Å². The van der Waals surface area contributed by atoms with E-state index in [9.17, 15) is 9.18 Å². The fourth-order valence-corrected chi connectivity index (χ4v) is 2.65. The van der Waals surface area contributed by atoms with E-state index >= 15 is 0 Å². The molecule has 1 amide bonds. The van der Waals surface area contributed by atoms with E-state index < -0.39 is 0 Å². The zero-order valence-corrected chi connectivity index (χ0v) is 13.6. The van der Waals surface area contributed by atoms with Gasteiger partial charge in [0.25, 0.3) is 5.91 Å². The molecule has 0 bridgehead atoms. The van der Waals surface area contributed by atoms with E-state index in [4.69, 9.17) is 12.2 Å². The molecule has 1 aliphatic rings. The van der Waals surface area contributed by atoms with Crippen LogP contribution in [0.1, 0.15) is 5.56 Å². The van der Waals surface area contributed by atoms with Gasteiger partial charge in [-0.3, -0.25) is 9.69 Å². The van der Waals surface area contributed by atoms with Gasteiger partial charge in [0.05, 0.1) is 5.69 Å². The van der Waals surface area contributed by atoms with Crippen LogP contribution < -0.4 is 10.2 Å². The number of rotatable bonds is 2. The predicted molar refractivity (Wildman–Crippen MR) is 91.7 cm³/mol. The number of thiocarbonyl (C=S) groups is 1. The molecular formula is C16H10BrFN2OS. The maximum atomic E-state index is 12.9. The average molecular weight is 377 g/mol. The Bertz CT molecular complexity index is 772. The van der Waals surface area contributed by atoms with Crippen LogP contribution >= 0.6 is 28.1 Å². The molecule has 2 aromatic rings. The number of anilines is 1. The number of amides is 1. The van der Waals surface area contributed by atoms with Crippen LogP contribution in [0.15, 0.2) is 58.7 Å². The van der Waals surface area contributed by atoms with Crippen LogP contribution in [0, 0.1) is 5.82 Å². The summed E-state index contributed by atoms with van der Waals surface area (Å²) in [7, 11) is 0. The van der Waals surface area contributed by atoms with E-state index in [1.165, 1.54) is 17.0 Å². The minimum atomic E-state index is -0.320. The molecule has 1 N–H and O–H groups in total. The van der Waals surface area contributed by atoms with Gasteiger partial charge in [-0.15, -0.1) is 0 Å². The summed E-state index contributed by atoms with van der Waals surface area (Å²) in [5.41, 5.74) is 1.77. The van der Waals surface area contributed by atoms with E-state index in [0.29, 0.717) is 16.5 Å². The molecule has 3 rings (SSSR count). The summed E-state index contributed by atoms with van der Waals surface area (Å²) in [5, 5.41) is 3.21. The number of halogens is 2. The molecule has 1 aliphatic heterocycles. The molecule has 3 nitrogen and oxygen atoms in total. The standard InChI is InChI=1S/C16H10BrFN2OS/c17-11-3-7-13(8-4-11)20-15(21)14(19-16(20)22)9-10-1-5-12(18)6-2-10/h1-9H,(H,19,22). The summed E-state index contributed by atoms with van der Waals surface area (Å²) in [6, 6.07) is 13.2. The van der Waals surface area contributed by atoms with E-state index in [2.05, 4.69) is 21.2 Å². The molecule has 0 aliphatic carbocycles. The van der Waals surface area contributed by atoms with Gasteiger partial charge in [0.2, 0.25) is 0 Å². The zero-order valence-electron chi connectivity index (χ0n) is 11.2. The lowest BCUT2D eigenvalue weighted by atomic mass is 10.2. The Morgan fingerprint density at radius 3 is 2.36 bits per heavy atom. The van der Waals surface area contributed by atoms with Crippen molar-refractivity contribution in [1.82, 2.24) is 5.32 Å². The van der Waals surface area contributed by atoms with Crippen molar-refractivity contribution in [2.45, 2.75) is 0 Å². The normalized spacial score (nSPS) is 16.3. The maximum absolute atomic E-state index is 12.9. The maximum Gasteiger partial charge on any atom is 0.281 e. The fourth-order valence-electron chi connectivity index (χ4n) is 2.09. The van der Waals surface area contributed by atoms with Crippen molar-refractivity contribution in [2.24, 2.45) is 0 Å². The van der Waals surface area contributed by atoms with E-state index in [0.717, 1.165) is 10.0 Å². The van der Waals surface area contributed by atoms with Crippen LogP contribution in [0.3, 0.4) is 0 Å². The van der Waals surface area contributed by atoms with Gasteiger partial charge in [0.1, 0.15) is 11.5 Å². The molecule has 0 atom stereocenters. The van der Waals surface area contributed by atoms with Crippen molar-refractivity contribution >= 4 is 50.9 Å². The largest absolute Gasteiger partial charge is 0.327 e. The first kappa shape index (κ1) is 14.9. The van der Waals surface area contributed by atoms with E-state index in [1.807, 2.05) is 12.1 Å². The van der Waals surface area contributed by atoms with Crippen LogP contribution in [-0.2, 0) is 4.79 Å². The summed E-state index contributed by atoms with van der Waals surface area (Å²) >= 11 is 8.58. The van der Waals surface area contributed by atoms with Gasteiger partial charge in [-0.2, -0.15) is 0 Å². The Morgan fingerprint density at radius 2 is 1.73 bits per heavy atom. The smallest absolute Gasteiger partial charge is 0.281 e. The SMILES string of the molecule is O=C1C(=Cc2ccc(F)cc2)NC(=S)N1c1ccc(Br)cc1. The second-order valence-electron chi connectivity index (χ2n) is 4.66. The first-order valence-corrected chi connectivity index (χ1v) is 7.63. The molecule has 0 unspecified atom stereocenters. The molecule has 0 radical (unpaired) electrons. The molecule has 0 aromatic heterocycles. The molecule has 0 saturated carbocycles. The number of carbonyl (C=O) groups excluding carboxylic acids is 1. The first-order valence-electron chi connectivity index (χ1n) is 6.43. The monoisotopic (exact) mass is 376 g/mol. The van der Waals surface area contributed by atoms with Crippen LogP contribution in [-0.4, -0.2) is 11.0 Å². The molecule has 1 saturated heterocycles. The van der Waals surface area contributed by atoms with Gasteiger partial charge in [-0.25, -0.2) is 4.39 Å². The number of carbonyl (C=O) groups is 1. The highest BCUT2D eigenvalue weighted by Crippen LogP contribution is 2.24. The summed E-state index contributed by atoms with van der Waals surface area (Å²) < 4.78 is 13.8. The van der Waals surface area contributed by atoms with Crippen molar-refractivity contribution < 1.29 is 9.18 Å². The highest BCUT2D eigenvalue weighted by molar-refractivity contribution is 9.10. The fraction of sp³-hybridized carbons (Fsp3) is 0. The van der Waals surface area contributed by atoms with Crippen LogP contribution in [0.4, 0.5) is 10.1 Å². The third-order valence-electron chi connectivity index (χ3n) is 3.14. The predicted octanol–water partition coefficient (Wildman–Crippen LogP) is 3.85. The summed E-state index contributed by atoms with van der Waals surface area (Å²) in [6.07, 6.45) is 1.65. The molecule has 1 heterocycles. The van der Waals surface area contributed by atoms with Crippen molar-refractivity contribution in [1.29, 1.82) is 0 Å². The lowest BCUT2D eigenvalue weighted by Gasteiger charge is -2.13. The Kier molecular flexibility index (Phi) is 4.04. The van der Waals surface area contributed by atoms with Crippen LogP contribution in [0.5, 0.6) is 0 Å². The van der Waals surface area contributed by atoms with Crippen molar-refractivity contribution in [3.63, 3.8) is 0 Å². The third kappa shape index (κ3) is 2.93. The molecule has 6 heteroatoms. The second-order valence-corrected chi connectivity index (χ2v) is 5.96. The van der Waals surface area contributed by atoms with E-state index in [-0.39, 0.29) is 11.7 Å². The van der Waals surface area contributed by atoms with Crippen molar-refractivity contribution in [2.75, 3.05) is 4.90 Å². The number of benzene rings is 2. The second kappa shape index (κ2) is 5.98. The molecule has 1 fully saturated rings. The minimum absolute atomic E-state index is 0.239. The number of hydrogen-bond donors (Lipinski definition) is 1. The highest BCUT2D eigenvalue weighted by Gasteiger charge is 2.31. The minimum Gasteiger partial charge on any atom is -0.327 e. The molecule has 0 spiro atoms. The Hall–Kier alpha value is -2.05. The zero-order chi connectivity index (χ0) is 15.7. The van der Waals surface area contributed by atoms with Gasteiger partial charge >= 0.3 is 0 Å². The van der Waals surface area contributed by atoms with Gasteiger partial charge in [0.15, 0.2) is 5.11 Å². The topological polar surface area (TPSA) is 32.3 Å². The Balaban J connectivity index is 1.91. The number of hydrogen-bond acceptors (Lipinski definition) is 2. The lowest BCUT2D eigenvalue weighted by molar-refractivity contribution is -0.113. The number of nitrogens with one attached hydrogen (secondary N) is 1. The van der Waals surface area contributed by atoms with Crippen LogP contribution in [0.2, 0.25) is 0 Å². The first-order chi connectivity index (χ1) is 10.5. The lowest BCUT2D eigenvalue weighted by Crippen LogP contribution is -2.30. The number of nitrogens with zero attached hydrogens (tertiary/aromatic N) is 1. The van der Waals surface area contributed by atoms with Gasteiger partial charge in [0, 0.05) is 4.47 Å². The average Bonchev–Trinajstić information content (AvgIpc) is 2.77. The van der Waals surface area contributed by atoms with Crippen molar-refractivity contribution in [3.8, 4) is 0 Å². The Labute approximate surface area is 140 Å². The molecular weight excluding hydrogens is 367 g/mol. The van der Waals surface area contributed by atoms with E-state index in [1.54, 1.807) is 30.3 Å². The molecule has 22 heavy (non-hydrogen) atoms. The van der Waals surface area contributed by atoms with Gasteiger partial charge in [-0.05, 0) is 60.3 Å². The third-order valence-corrected chi connectivity index (χ3v) is 3.96. The molecule has 2 aromatic carbocycles. The summed E-state index contributed by atoms with van der Waals surface area (Å²) in [4.78, 5) is 13.9. The summed E-state index contributed by atoms with van der Waals surface area (Å²) in [6.45, 7) is 0. The molecule has 110 valence electrons.